The van der Waals surface area contributed by atoms with E-state index < -0.39 is 42.3 Å². The molecule has 8 heteroatoms. The van der Waals surface area contributed by atoms with E-state index in [9.17, 15) is 19.8 Å². The van der Waals surface area contributed by atoms with Crippen molar-refractivity contribution in [2.45, 2.75) is 24.4 Å². The van der Waals surface area contributed by atoms with Gasteiger partial charge < -0.3 is 24.6 Å². The number of aliphatic hydroxyl groups excluding tert-OH is 3. The Hall–Kier alpha value is -1.48. The summed E-state index contributed by atoms with van der Waals surface area (Å²) >= 11 is 0. The molecular weight excluding hydrogens is 244 g/mol. The van der Waals surface area contributed by atoms with Gasteiger partial charge in [-0.05, 0) is 0 Å². The zero-order valence-electron chi connectivity index (χ0n) is 9.61. The van der Waals surface area contributed by atoms with E-state index in [1.54, 1.807) is 0 Å². The molecule has 2 rings (SSSR count). The Labute approximate surface area is 101 Å². The molecule has 1 fully saturated rings. The minimum absolute atomic E-state index is 0.0274. The number of aliphatic hydroxyl groups is 3. The van der Waals surface area contributed by atoms with E-state index in [0.717, 1.165) is 4.57 Å². The summed E-state index contributed by atoms with van der Waals surface area (Å²) in [6.45, 7) is -0.474. The van der Waals surface area contributed by atoms with Gasteiger partial charge in [0, 0.05) is 13.2 Å². The number of nitrogens with zero attached hydrogens (tertiary/aromatic N) is 1. The zero-order valence-corrected chi connectivity index (χ0v) is 9.61. The van der Waals surface area contributed by atoms with Crippen LogP contribution in [0.1, 0.15) is 11.7 Å². The predicted molar refractivity (Wildman–Crippen MR) is 59.0 cm³/mol. The smallest absolute Gasteiger partial charge is 0.328 e. The molecule has 0 amide bonds. The normalized spacial score (nSPS) is 31.8. The summed E-state index contributed by atoms with van der Waals surface area (Å²) in [5.41, 5.74) is -1.25. The molecule has 0 bridgehead atoms. The van der Waals surface area contributed by atoms with Gasteiger partial charge in [0.15, 0.2) is 0 Å². The van der Waals surface area contributed by atoms with Crippen LogP contribution in [0.25, 0.3) is 0 Å². The van der Waals surface area contributed by atoms with Crippen LogP contribution in [0, 0.1) is 0 Å². The first-order valence-corrected chi connectivity index (χ1v) is 5.38. The number of hydrogen-bond acceptors (Lipinski definition) is 6. The highest BCUT2D eigenvalue weighted by Gasteiger charge is 2.44. The van der Waals surface area contributed by atoms with Crippen molar-refractivity contribution in [3.8, 4) is 0 Å². The molecule has 1 aliphatic rings. The van der Waals surface area contributed by atoms with Crippen molar-refractivity contribution < 1.29 is 20.1 Å². The van der Waals surface area contributed by atoms with Gasteiger partial charge in [-0.2, -0.15) is 0 Å². The highest BCUT2D eigenvalue weighted by Crippen LogP contribution is 2.31. The van der Waals surface area contributed by atoms with Crippen molar-refractivity contribution >= 4 is 0 Å². The number of aromatic amines is 1. The largest absolute Gasteiger partial charge is 0.394 e. The Bertz CT molecular complexity index is 550. The zero-order chi connectivity index (χ0) is 13.4. The Kier molecular flexibility index (Phi) is 3.35. The van der Waals surface area contributed by atoms with Crippen molar-refractivity contribution in [1.82, 2.24) is 9.55 Å². The van der Waals surface area contributed by atoms with Crippen molar-refractivity contribution in [1.29, 1.82) is 0 Å². The molecular formula is C10H14N2O6. The van der Waals surface area contributed by atoms with Crippen molar-refractivity contribution in [3.63, 3.8) is 0 Å². The monoisotopic (exact) mass is 258 g/mol. The lowest BCUT2D eigenvalue weighted by Gasteiger charge is -2.14. The lowest BCUT2D eigenvalue weighted by Crippen LogP contribution is -2.35. The van der Waals surface area contributed by atoms with Crippen molar-refractivity contribution in [2.24, 2.45) is 7.05 Å². The molecule has 2 unspecified atom stereocenters. The summed E-state index contributed by atoms with van der Waals surface area (Å²) in [6.07, 6.45) is -3.41. The molecule has 8 nitrogen and oxygen atoms in total. The van der Waals surface area contributed by atoms with E-state index in [0.29, 0.717) is 0 Å². The summed E-state index contributed by atoms with van der Waals surface area (Å²) in [5, 5.41) is 28.3. The summed E-state index contributed by atoms with van der Waals surface area (Å²) in [5.74, 6) is 0. The minimum atomic E-state index is -1.33. The van der Waals surface area contributed by atoms with Crippen molar-refractivity contribution in [3.05, 3.63) is 32.6 Å². The van der Waals surface area contributed by atoms with Gasteiger partial charge in [-0.1, -0.05) is 0 Å². The van der Waals surface area contributed by atoms with E-state index in [1.807, 2.05) is 0 Å². The van der Waals surface area contributed by atoms with E-state index in [2.05, 4.69) is 4.98 Å². The molecule has 1 aliphatic heterocycles. The molecule has 4 N–H and O–H groups in total. The molecule has 18 heavy (non-hydrogen) atoms. The summed E-state index contributed by atoms with van der Waals surface area (Å²) in [4.78, 5) is 24.9. The third kappa shape index (κ3) is 1.99. The molecule has 1 aromatic heterocycles. The number of aromatic nitrogens is 2. The Morgan fingerprint density at radius 2 is 2.06 bits per heavy atom. The standard InChI is InChI=1S/C10H14N2O6/c1-12-2-4(9(16)11-10(12)17)8-7(15)6(14)5(3-13)18-8/h2,5-8,13-15H,3H2,1H3,(H,11,16,17)/t5-,6?,7?,8+/m1/s1. The Balaban J connectivity index is 2.42. The first-order chi connectivity index (χ1) is 8.45. The molecule has 0 saturated carbocycles. The lowest BCUT2D eigenvalue weighted by molar-refractivity contribution is -0.0233. The number of H-pyrrole nitrogens is 1. The van der Waals surface area contributed by atoms with Crippen LogP contribution in [-0.2, 0) is 11.8 Å². The fourth-order valence-corrected chi connectivity index (χ4v) is 1.94. The lowest BCUT2D eigenvalue weighted by atomic mass is 10.0. The maximum Gasteiger partial charge on any atom is 0.328 e. The Morgan fingerprint density at radius 3 is 2.61 bits per heavy atom. The van der Waals surface area contributed by atoms with Crippen LogP contribution in [0.15, 0.2) is 15.8 Å². The second-order valence-corrected chi connectivity index (χ2v) is 4.21. The SMILES string of the molecule is Cn1cc([C@@H]2O[C@H](CO)C(O)C2O)c(=O)[nH]c1=O. The maximum absolute atomic E-state index is 11.6. The van der Waals surface area contributed by atoms with Gasteiger partial charge in [-0.3, -0.25) is 9.78 Å². The van der Waals surface area contributed by atoms with Gasteiger partial charge in [0.25, 0.3) is 5.56 Å². The Morgan fingerprint density at radius 1 is 1.39 bits per heavy atom. The summed E-state index contributed by atoms with van der Waals surface area (Å²) in [6, 6.07) is 0. The topological polar surface area (TPSA) is 125 Å². The molecule has 2 heterocycles. The molecule has 100 valence electrons. The molecule has 1 aromatic rings. The van der Waals surface area contributed by atoms with Crippen LogP contribution in [0.4, 0.5) is 0 Å². The third-order valence-electron chi connectivity index (χ3n) is 2.98. The molecule has 0 aromatic carbocycles. The van der Waals surface area contributed by atoms with Crippen LogP contribution < -0.4 is 11.2 Å². The number of aryl methyl sites for hydroxylation is 1. The van der Waals surface area contributed by atoms with Crippen LogP contribution in [0.2, 0.25) is 0 Å². The highest BCUT2D eigenvalue weighted by atomic mass is 16.6. The maximum atomic E-state index is 11.6. The van der Waals surface area contributed by atoms with Crippen LogP contribution in [0.5, 0.6) is 0 Å². The average Bonchev–Trinajstić information content (AvgIpc) is 2.61. The molecule has 4 atom stereocenters. The van der Waals surface area contributed by atoms with Gasteiger partial charge in [-0.25, -0.2) is 4.79 Å². The van der Waals surface area contributed by atoms with E-state index in [1.165, 1.54) is 13.2 Å². The van der Waals surface area contributed by atoms with Crippen LogP contribution in [-0.4, -0.2) is 49.8 Å². The van der Waals surface area contributed by atoms with Gasteiger partial charge in [0.1, 0.15) is 24.4 Å². The second-order valence-electron chi connectivity index (χ2n) is 4.21. The quantitative estimate of drug-likeness (QED) is 0.455. The van der Waals surface area contributed by atoms with E-state index in [-0.39, 0.29) is 5.56 Å². The van der Waals surface area contributed by atoms with E-state index in [4.69, 9.17) is 9.84 Å². The van der Waals surface area contributed by atoms with Crippen LogP contribution in [0.3, 0.4) is 0 Å². The van der Waals surface area contributed by atoms with Gasteiger partial charge in [-0.15, -0.1) is 0 Å². The molecule has 0 spiro atoms. The first-order valence-electron chi connectivity index (χ1n) is 5.38. The predicted octanol–water partition coefficient (Wildman–Crippen LogP) is -2.77. The fourth-order valence-electron chi connectivity index (χ4n) is 1.94. The van der Waals surface area contributed by atoms with E-state index >= 15 is 0 Å². The number of nitrogens with one attached hydrogen (secondary N) is 1. The fraction of sp³-hybridized carbons (Fsp3) is 0.600. The number of hydrogen-bond donors (Lipinski definition) is 4. The summed E-state index contributed by atoms with van der Waals surface area (Å²) in [7, 11) is 1.43. The highest BCUT2D eigenvalue weighted by molar-refractivity contribution is 5.14. The summed E-state index contributed by atoms with van der Waals surface area (Å²) < 4.78 is 6.34. The third-order valence-corrected chi connectivity index (χ3v) is 2.98. The molecule has 0 radical (unpaired) electrons. The van der Waals surface area contributed by atoms with Gasteiger partial charge in [0.2, 0.25) is 0 Å². The average molecular weight is 258 g/mol. The molecule has 0 aliphatic carbocycles. The minimum Gasteiger partial charge on any atom is -0.394 e. The van der Waals surface area contributed by atoms with Crippen LogP contribution >= 0.6 is 0 Å². The second kappa shape index (κ2) is 4.65. The first kappa shape index (κ1) is 13.0. The van der Waals surface area contributed by atoms with Crippen molar-refractivity contribution in [2.75, 3.05) is 6.61 Å². The number of rotatable bonds is 2. The van der Waals surface area contributed by atoms with Gasteiger partial charge >= 0.3 is 5.69 Å². The van der Waals surface area contributed by atoms with Gasteiger partial charge in [0.05, 0.1) is 12.2 Å². The number of ether oxygens (including phenoxy) is 1. The molecule has 1 saturated heterocycles.